The maximum Gasteiger partial charge on any atom is 0.212 e. The first-order chi connectivity index (χ1) is 13.5. The highest BCUT2D eigenvalue weighted by atomic mass is 16.3. The molecule has 0 radical (unpaired) electrons. The van der Waals surface area contributed by atoms with E-state index < -0.39 is 0 Å². The molecule has 0 N–H and O–H groups in total. The van der Waals surface area contributed by atoms with Crippen molar-refractivity contribution in [2.75, 3.05) is 0 Å². The third-order valence-corrected chi connectivity index (χ3v) is 6.68. The summed E-state index contributed by atoms with van der Waals surface area (Å²) >= 11 is 0. The zero-order valence-electron chi connectivity index (χ0n) is 16.6. The number of rotatable bonds is 1. The van der Waals surface area contributed by atoms with E-state index in [2.05, 4.69) is 93.2 Å². The molecule has 0 saturated heterocycles. The van der Waals surface area contributed by atoms with Gasteiger partial charge in [-0.2, -0.15) is 0 Å². The van der Waals surface area contributed by atoms with E-state index in [4.69, 9.17) is 4.42 Å². The molecule has 136 valence electrons. The fourth-order valence-corrected chi connectivity index (χ4v) is 5.16. The molecular weight excluding hydrogens is 342 g/mol. The van der Waals surface area contributed by atoms with E-state index in [0.717, 1.165) is 11.2 Å². The van der Waals surface area contributed by atoms with Crippen LogP contribution in [0.1, 0.15) is 30.5 Å². The number of hydrogen-bond acceptors (Lipinski definition) is 1. The van der Waals surface area contributed by atoms with Gasteiger partial charge in [0.15, 0.2) is 6.20 Å². The van der Waals surface area contributed by atoms with E-state index in [1.807, 2.05) is 0 Å². The number of nitrogens with zero attached hydrogens (tertiary/aromatic N) is 1. The molecule has 3 aromatic carbocycles. The molecular formula is C26H22NO+. The quantitative estimate of drug-likeness (QED) is 0.325. The summed E-state index contributed by atoms with van der Waals surface area (Å²) in [5, 5.41) is 5.23. The molecule has 0 saturated carbocycles. The molecule has 1 aliphatic carbocycles. The van der Waals surface area contributed by atoms with E-state index in [1.165, 1.54) is 49.5 Å². The number of aryl methyl sites for hydroxylation is 2. The summed E-state index contributed by atoms with van der Waals surface area (Å²) in [7, 11) is 2.10. The van der Waals surface area contributed by atoms with E-state index in [-0.39, 0.29) is 5.41 Å². The van der Waals surface area contributed by atoms with Crippen molar-refractivity contribution in [1.29, 1.82) is 0 Å². The monoisotopic (exact) mass is 364 g/mol. The molecule has 0 unspecified atom stereocenters. The van der Waals surface area contributed by atoms with Crippen LogP contribution in [0.2, 0.25) is 0 Å². The molecule has 2 heterocycles. The average Bonchev–Trinajstić information content (AvgIpc) is 3.08. The van der Waals surface area contributed by atoms with Gasteiger partial charge in [0.1, 0.15) is 18.2 Å². The highest BCUT2D eigenvalue weighted by Gasteiger charge is 2.36. The molecule has 0 fully saturated rings. The molecule has 6 rings (SSSR count). The number of aromatic nitrogens is 1. The molecule has 0 atom stereocenters. The van der Waals surface area contributed by atoms with Crippen LogP contribution in [0.5, 0.6) is 0 Å². The van der Waals surface area contributed by atoms with E-state index in [9.17, 15) is 0 Å². The smallest absolute Gasteiger partial charge is 0.212 e. The summed E-state index contributed by atoms with van der Waals surface area (Å²) in [6.07, 6.45) is 2.10. The van der Waals surface area contributed by atoms with Crippen molar-refractivity contribution in [1.82, 2.24) is 0 Å². The fourth-order valence-electron chi connectivity index (χ4n) is 5.16. The van der Waals surface area contributed by atoms with Crippen molar-refractivity contribution in [2.45, 2.75) is 26.2 Å². The summed E-state index contributed by atoms with van der Waals surface area (Å²) in [6.45, 7) is 6.87. The van der Waals surface area contributed by atoms with Crippen LogP contribution in [0.25, 0.3) is 44.0 Å². The van der Waals surface area contributed by atoms with Crippen LogP contribution >= 0.6 is 0 Å². The second-order valence-corrected chi connectivity index (χ2v) is 8.57. The Morgan fingerprint density at radius 2 is 1.71 bits per heavy atom. The SMILES string of the molecule is Cc1c(-c2cccc[n+]2C)cc2c3c1oc1ccc4cccc(c4c13)C2(C)C. The lowest BCUT2D eigenvalue weighted by atomic mass is 9.70. The first-order valence-corrected chi connectivity index (χ1v) is 9.86. The number of pyridine rings is 1. The molecule has 28 heavy (non-hydrogen) atoms. The lowest BCUT2D eigenvalue weighted by molar-refractivity contribution is -0.660. The van der Waals surface area contributed by atoms with Gasteiger partial charge in [0.25, 0.3) is 0 Å². The lowest BCUT2D eigenvalue weighted by Crippen LogP contribution is -2.30. The van der Waals surface area contributed by atoms with Crippen molar-refractivity contribution in [2.24, 2.45) is 7.05 Å². The Balaban J connectivity index is 1.89. The third kappa shape index (κ3) is 1.76. The second kappa shape index (κ2) is 5.02. The molecule has 1 aliphatic rings. The summed E-state index contributed by atoms with van der Waals surface area (Å²) in [5.41, 5.74) is 8.34. The minimum absolute atomic E-state index is 0.0846. The van der Waals surface area contributed by atoms with Crippen LogP contribution in [0, 0.1) is 6.92 Å². The van der Waals surface area contributed by atoms with Crippen molar-refractivity contribution in [3.8, 4) is 11.3 Å². The summed E-state index contributed by atoms with van der Waals surface area (Å²) in [5.74, 6) is 0. The molecule has 2 aromatic heterocycles. The first kappa shape index (κ1) is 15.9. The molecule has 2 nitrogen and oxygen atoms in total. The fraction of sp³-hybridized carbons (Fsp3) is 0.192. The van der Waals surface area contributed by atoms with Crippen LogP contribution in [0.3, 0.4) is 0 Å². The van der Waals surface area contributed by atoms with Crippen LogP contribution in [0.4, 0.5) is 0 Å². The Kier molecular flexibility index (Phi) is 2.85. The van der Waals surface area contributed by atoms with Gasteiger partial charge in [-0.1, -0.05) is 38.1 Å². The van der Waals surface area contributed by atoms with Gasteiger partial charge in [0, 0.05) is 33.9 Å². The molecule has 0 bridgehead atoms. The van der Waals surface area contributed by atoms with Gasteiger partial charge in [-0.3, -0.25) is 0 Å². The van der Waals surface area contributed by atoms with Gasteiger partial charge in [0.05, 0.1) is 5.56 Å². The van der Waals surface area contributed by atoms with Crippen molar-refractivity contribution < 1.29 is 8.98 Å². The normalized spacial score (nSPS) is 14.7. The maximum absolute atomic E-state index is 6.49. The predicted molar refractivity (Wildman–Crippen MR) is 115 cm³/mol. The minimum atomic E-state index is -0.0846. The third-order valence-electron chi connectivity index (χ3n) is 6.68. The summed E-state index contributed by atoms with van der Waals surface area (Å²) in [4.78, 5) is 0. The second-order valence-electron chi connectivity index (χ2n) is 8.57. The van der Waals surface area contributed by atoms with Crippen molar-refractivity contribution in [3.63, 3.8) is 0 Å². The van der Waals surface area contributed by atoms with E-state index in [0.29, 0.717) is 0 Å². The Hall–Kier alpha value is -3.13. The van der Waals surface area contributed by atoms with Crippen LogP contribution in [0.15, 0.2) is 65.2 Å². The Morgan fingerprint density at radius 1 is 0.857 bits per heavy atom. The zero-order chi connectivity index (χ0) is 19.2. The summed E-state index contributed by atoms with van der Waals surface area (Å²) < 4.78 is 8.68. The van der Waals surface area contributed by atoms with E-state index >= 15 is 0 Å². The summed E-state index contributed by atoms with van der Waals surface area (Å²) in [6, 6.07) is 19.8. The van der Waals surface area contributed by atoms with Crippen LogP contribution in [-0.4, -0.2) is 0 Å². The highest BCUT2D eigenvalue weighted by molar-refractivity contribution is 6.24. The molecule has 0 spiro atoms. The molecule has 2 heteroatoms. The largest absolute Gasteiger partial charge is 0.456 e. The minimum Gasteiger partial charge on any atom is -0.456 e. The molecule has 0 amide bonds. The van der Waals surface area contributed by atoms with Gasteiger partial charge in [-0.25, -0.2) is 4.57 Å². The van der Waals surface area contributed by atoms with Crippen molar-refractivity contribution >= 4 is 32.7 Å². The maximum atomic E-state index is 6.49. The zero-order valence-corrected chi connectivity index (χ0v) is 16.6. The predicted octanol–water partition coefficient (Wildman–Crippen LogP) is 6.18. The van der Waals surface area contributed by atoms with Gasteiger partial charge < -0.3 is 4.42 Å². The van der Waals surface area contributed by atoms with Crippen LogP contribution in [-0.2, 0) is 12.5 Å². The standard InChI is InChI=1S/C26H22NO/c1-15-17(20-10-5-6-13-27(20)4)14-19-23-24-21(28-25(15)23)12-11-16-8-7-9-18(22(16)24)26(19,2)3/h5-14H,1-4H3/q+1. The van der Waals surface area contributed by atoms with Gasteiger partial charge in [0.2, 0.25) is 5.69 Å². The van der Waals surface area contributed by atoms with Gasteiger partial charge >= 0.3 is 0 Å². The lowest BCUT2D eigenvalue weighted by Gasteiger charge is -2.32. The average molecular weight is 364 g/mol. The number of benzene rings is 3. The number of furan rings is 1. The van der Waals surface area contributed by atoms with Crippen molar-refractivity contribution in [3.05, 3.63) is 77.5 Å². The molecule has 5 aromatic rings. The molecule has 0 aliphatic heterocycles. The Bertz CT molecular complexity index is 1450. The first-order valence-electron chi connectivity index (χ1n) is 9.86. The van der Waals surface area contributed by atoms with Gasteiger partial charge in [-0.15, -0.1) is 0 Å². The highest BCUT2D eigenvalue weighted by Crippen LogP contribution is 2.51. The Morgan fingerprint density at radius 3 is 2.54 bits per heavy atom. The topological polar surface area (TPSA) is 17.0 Å². The van der Waals surface area contributed by atoms with E-state index in [1.54, 1.807) is 0 Å². The van der Waals surface area contributed by atoms with Crippen LogP contribution < -0.4 is 4.57 Å². The Labute approximate surface area is 164 Å². The van der Waals surface area contributed by atoms with Gasteiger partial charge in [-0.05, 0) is 47.0 Å². The number of hydrogen-bond donors (Lipinski definition) is 0.